The Morgan fingerprint density at radius 2 is 1.82 bits per heavy atom. The van der Waals surface area contributed by atoms with Crippen molar-refractivity contribution in [2.45, 2.75) is 52.1 Å². The molecule has 0 saturated heterocycles. The summed E-state index contributed by atoms with van der Waals surface area (Å²) in [5, 5.41) is 5.24. The first-order valence-electron chi connectivity index (χ1n) is 11.8. The second-order valence-corrected chi connectivity index (χ2v) is 10.2. The van der Waals surface area contributed by atoms with E-state index in [1.165, 1.54) is 0 Å². The minimum Gasteiger partial charge on any atom is -0.378 e. The zero-order valence-corrected chi connectivity index (χ0v) is 20.8. The number of benzene rings is 1. The van der Waals surface area contributed by atoms with Gasteiger partial charge in [-0.15, -0.1) is 11.3 Å². The standard InChI is InChI=1S/C26H34N4O2S/c1-5-29(21-8-6-7-20(15-21)28(3)4)25(31)17-30-22-13-14-33-24(22)16-23(30)26(32)27-19-11-9-18(2)10-12-19/h6-8,13-16,18-19H,5,9-12,17H2,1-4H3,(H,27,32). The number of amides is 2. The van der Waals surface area contributed by atoms with Crippen molar-refractivity contribution in [2.24, 2.45) is 5.92 Å². The molecule has 7 heteroatoms. The SMILES string of the molecule is CCN(C(=O)Cn1c(C(=O)NC2CCC(C)CC2)cc2sccc21)c1cccc(N(C)C)c1. The smallest absolute Gasteiger partial charge is 0.268 e. The van der Waals surface area contributed by atoms with E-state index in [1.807, 2.05) is 72.3 Å². The van der Waals surface area contributed by atoms with Gasteiger partial charge in [0.2, 0.25) is 5.91 Å². The molecule has 176 valence electrons. The highest BCUT2D eigenvalue weighted by Crippen LogP contribution is 2.28. The summed E-state index contributed by atoms with van der Waals surface area (Å²) in [7, 11) is 3.98. The predicted molar refractivity (Wildman–Crippen MR) is 137 cm³/mol. The fourth-order valence-corrected chi connectivity index (χ4v) is 5.48. The molecule has 1 saturated carbocycles. The third kappa shape index (κ3) is 5.08. The number of hydrogen-bond donors (Lipinski definition) is 1. The third-order valence-corrected chi connectivity index (χ3v) is 7.53. The van der Waals surface area contributed by atoms with Crippen LogP contribution in [0.3, 0.4) is 0 Å². The Morgan fingerprint density at radius 1 is 1.09 bits per heavy atom. The first-order valence-corrected chi connectivity index (χ1v) is 12.7. The number of hydrogen-bond acceptors (Lipinski definition) is 4. The predicted octanol–water partition coefficient (Wildman–Crippen LogP) is 5.13. The fourth-order valence-electron chi connectivity index (χ4n) is 4.66. The second kappa shape index (κ2) is 10.00. The molecule has 0 aliphatic heterocycles. The lowest BCUT2D eigenvalue weighted by Crippen LogP contribution is -2.39. The van der Waals surface area contributed by atoms with Crippen LogP contribution >= 0.6 is 11.3 Å². The molecule has 1 aliphatic rings. The van der Waals surface area contributed by atoms with Gasteiger partial charge in [0.15, 0.2) is 0 Å². The molecule has 0 radical (unpaired) electrons. The van der Waals surface area contributed by atoms with Crippen LogP contribution in [-0.2, 0) is 11.3 Å². The molecule has 1 aliphatic carbocycles. The largest absolute Gasteiger partial charge is 0.378 e. The lowest BCUT2D eigenvalue weighted by Gasteiger charge is -2.27. The maximum absolute atomic E-state index is 13.5. The molecule has 1 N–H and O–H groups in total. The third-order valence-electron chi connectivity index (χ3n) is 6.67. The second-order valence-electron chi connectivity index (χ2n) is 9.27. The number of carbonyl (C=O) groups is 2. The quantitative estimate of drug-likeness (QED) is 0.525. The van der Waals surface area contributed by atoms with Crippen molar-refractivity contribution in [3.8, 4) is 0 Å². The normalized spacial score (nSPS) is 18.3. The highest BCUT2D eigenvalue weighted by molar-refractivity contribution is 7.17. The molecule has 2 aromatic heterocycles. The van der Waals surface area contributed by atoms with Crippen LogP contribution in [0.2, 0.25) is 0 Å². The van der Waals surface area contributed by atoms with E-state index in [4.69, 9.17) is 0 Å². The van der Waals surface area contributed by atoms with E-state index in [-0.39, 0.29) is 24.4 Å². The Balaban J connectivity index is 1.57. The molecule has 6 nitrogen and oxygen atoms in total. The van der Waals surface area contributed by atoms with Crippen LogP contribution < -0.4 is 15.1 Å². The van der Waals surface area contributed by atoms with E-state index >= 15 is 0 Å². The number of carbonyl (C=O) groups excluding carboxylic acids is 2. The Labute approximate surface area is 200 Å². The van der Waals surface area contributed by atoms with Crippen molar-refractivity contribution in [3.63, 3.8) is 0 Å². The summed E-state index contributed by atoms with van der Waals surface area (Å²) in [6.45, 7) is 4.95. The van der Waals surface area contributed by atoms with Crippen LogP contribution in [0.1, 0.15) is 50.0 Å². The first kappa shape index (κ1) is 23.4. The number of fused-ring (bicyclic) bond motifs is 1. The van der Waals surface area contributed by atoms with Crippen LogP contribution in [0.15, 0.2) is 41.8 Å². The van der Waals surface area contributed by atoms with Crippen molar-refractivity contribution in [2.75, 3.05) is 30.4 Å². The summed E-state index contributed by atoms with van der Waals surface area (Å²) in [6, 6.07) is 12.1. The summed E-state index contributed by atoms with van der Waals surface area (Å²) in [5.74, 6) is 0.622. The Morgan fingerprint density at radius 3 is 2.52 bits per heavy atom. The van der Waals surface area contributed by atoms with Gasteiger partial charge < -0.3 is 19.7 Å². The number of thiophene rings is 1. The minimum absolute atomic E-state index is 0.0300. The van der Waals surface area contributed by atoms with Crippen LogP contribution in [0.5, 0.6) is 0 Å². The fraction of sp³-hybridized carbons (Fsp3) is 0.462. The Bertz CT molecular complexity index is 1120. The Hall–Kier alpha value is -2.80. The van der Waals surface area contributed by atoms with E-state index in [2.05, 4.69) is 12.2 Å². The molecule has 1 aromatic carbocycles. The molecular weight excluding hydrogens is 432 g/mol. The number of rotatable bonds is 7. The lowest BCUT2D eigenvalue weighted by molar-refractivity contribution is -0.119. The molecule has 0 unspecified atom stereocenters. The molecule has 2 heterocycles. The van der Waals surface area contributed by atoms with Gasteiger partial charge in [0.1, 0.15) is 12.2 Å². The van der Waals surface area contributed by atoms with Gasteiger partial charge in [-0.3, -0.25) is 9.59 Å². The molecule has 0 bridgehead atoms. The van der Waals surface area contributed by atoms with Crippen molar-refractivity contribution >= 4 is 44.7 Å². The summed E-state index contributed by atoms with van der Waals surface area (Å²) >= 11 is 1.60. The van der Waals surface area contributed by atoms with Gasteiger partial charge >= 0.3 is 0 Å². The highest BCUT2D eigenvalue weighted by Gasteiger charge is 2.25. The van der Waals surface area contributed by atoms with Crippen molar-refractivity contribution in [1.82, 2.24) is 9.88 Å². The lowest BCUT2D eigenvalue weighted by atomic mass is 9.87. The summed E-state index contributed by atoms with van der Waals surface area (Å²) in [5.41, 5.74) is 3.42. The Kier molecular flexibility index (Phi) is 7.08. The summed E-state index contributed by atoms with van der Waals surface area (Å²) < 4.78 is 2.91. The topological polar surface area (TPSA) is 57.6 Å². The molecule has 3 aromatic rings. The monoisotopic (exact) mass is 466 g/mol. The van der Waals surface area contributed by atoms with Crippen LogP contribution in [0, 0.1) is 5.92 Å². The number of nitrogens with one attached hydrogen (secondary N) is 1. The number of anilines is 2. The van der Waals surface area contributed by atoms with E-state index in [0.29, 0.717) is 12.2 Å². The average Bonchev–Trinajstić information content (AvgIpc) is 3.39. The number of likely N-dealkylation sites (N-methyl/N-ethyl adjacent to an activating group) is 1. The average molecular weight is 467 g/mol. The highest BCUT2D eigenvalue weighted by atomic mass is 32.1. The number of nitrogens with zero attached hydrogens (tertiary/aromatic N) is 3. The molecule has 1 fully saturated rings. The van der Waals surface area contributed by atoms with Gasteiger partial charge in [-0.2, -0.15) is 0 Å². The maximum atomic E-state index is 13.5. The first-order chi connectivity index (χ1) is 15.9. The van der Waals surface area contributed by atoms with Crippen LogP contribution in [0.25, 0.3) is 10.2 Å². The van der Waals surface area contributed by atoms with E-state index in [9.17, 15) is 9.59 Å². The van der Waals surface area contributed by atoms with Crippen molar-refractivity contribution in [1.29, 1.82) is 0 Å². The van der Waals surface area contributed by atoms with Gasteiger partial charge in [-0.05, 0) is 74.2 Å². The molecule has 33 heavy (non-hydrogen) atoms. The van der Waals surface area contributed by atoms with E-state index in [1.54, 1.807) is 16.2 Å². The van der Waals surface area contributed by atoms with Gasteiger partial charge in [-0.1, -0.05) is 13.0 Å². The molecular formula is C26H34N4O2S. The van der Waals surface area contributed by atoms with Crippen molar-refractivity contribution in [3.05, 3.63) is 47.5 Å². The van der Waals surface area contributed by atoms with Gasteiger partial charge in [0.05, 0.1) is 10.2 Å². The van der Waals surface area contributed by atoms with Crippen molar-refractivity contribution < 1.29 is 9.59 Å². The zero-order chi connectivity index (χ0) is 23.5. The van der Waals surface area contributed by atoms with Crippen LogP contribution in [0.4, 0.5) is 11.4 Å². The molecule has 0 atom stereocenters. The van der Waals surface area contributed by atoms with E-state index in [0.717, 1.165) is 53.2 Å². The van der Waals surface area contributed by atoms with Gasteiger partial charge in [-0.25, -0.2) is 0 Å². The molecule has 0 spiro atoms. The molecule has 2 amide bonds. The van der Waals surface area contributed by atoms with Gasteiger partial charge in [0, 0.05) is 38.1 Å². The van der Waals surface area contributed by atoms with Crippen LogP contribution in [-0.4, -0.2) is 43.1 Å². The minimum atomic E-state index is -0.0802. The van der Waals surface area contributed by atoms with E-state index < -0.39 is 0 Å². The molecule has 4 rings (SSSR count). The number of aromatic nitrogens is 1. The van der Waals surface area contributed by atoms with Gasteiger partial charge in [0.25, 0.3) is 5.91 Å². The summed E-state index contributed by atoms with van der Waals surface area (Å²) in [6.07, 6.45) is 4.34. The summed E-state index contributed by atoms with van der Waals surface area (Å²) in [4.78, 5) is 30.5. The zero-order valence-electron chi connectivity index (χ0n) is 20.0. The maximum Gasteiger partial charge on any atom is 0.268 e.